The average Bonchev–Trinajstić information content (AvgIpc) is 3.11. The lowest BCUT2D eigenvalue weighted by Crippen LogP contribution is -2.37. The van der Waals surface area contributed by atoms with Crippen LogP contribution < -0.4 is 4.90 Å². The second-order valence-electron chi connectivity index (χ2n) is 9.92. The maximum absolute atomic E-state index is 6.41. The first-order chi connectivity index (χ1) is 15.2. The number of aryl methyl sites for hydroxylation is 1. The molecular weight excluding hydrogens is 416 g/mol. The molecule has 32 heavy (non-hydrogen) atoms. The number of anilines is 1. The fourth-order valence-corrected chi connectivity index (χ4v) is 4.81. The van der Waals surface area contributed by atoms with Gasteiger partial charge in [-0.15, -0.1) is 5.10 Å². The molecule has 7 heteroatoms. The summed E-state index contributed by atoms with van der Waals surface area (Å²) >= 11 is 0. The van der Waals surface area contributed by atoms with E-state index in [0.29, 0.717) is 6.61 Å². The van der Waals surface area contributed by atoms with Crippen LogP contribution in [0.15, 0.2) is 30.3 Å². The van der Waals surface area contributed by atoms with Gasteiger partial charge in [-0.1, -0.05) is 39.0 Å². The van der Waals surface area contributed by atoms with Crippen molar-refractivity contribution in [2.75, 3.05) is 31.2 Å². The molecule has 0 radical (unpaired) electrons. The normalized spacial score (nSPS) is 16.0. The fraction of sp³-hybridized carbons (Fsp3) is 0.520. The minimum absolute atomic E-state index is 0.216. The van der Waals surface area contributed by atoms with Gasteiger partial charge in [0.15, 0.2) is 14.7 Å². The van der Waals surface area contributed by atoms with E-state index >= 15 is 0 Å². The second kappa shape index (κ2) is 9.33. The highest BCUT2D eigenvalue weighted by molar-refractivity contribution is 6.53. The summed E-state index contributed by atoms with van der Waals surface area (Å²) in [5, 5.41) is 5.24. The maximum atomic E-state index is 6.41. The van der Waals surface area contributed by atoms with Crippen molar-refractivity contribution in [3.05, 3.63) is 58.4 Å². The number of fused-ring (bicyclic) bond motifs is 1. The predicted molar refractivity (Wildman–Crippen MR) is 132 cm³/mol. The summed E-state index contributed by atoms with van der Waals surface area (Å²) < 4.78 is 14.0. The minimum Gasteiger partial charge on any atom is -0.414 e. The Labute approximate surface area is 193 Å². The van der Waals surface area contributed by atoms with Gasteiger partial charge in [-0.05, 0) is 54.3 Å². The molecule has 6 nitrogen and oxygen atoms in total. The summed E-state index contributed by atoms with van der Waals surface area (Å²) in [7, 11) is -1.35. The Balaban J connectivity index is 1.73. The van der Waals surface area contributed by atoms with Gasteiger partial charge in [0.2, 0.25) is 0 Å². The lowest BCUT2D eigenvalue weighted by molar-refractivity contribution is 0.122. The third-order valence-corrected chi connectivity index (χ3v) is 9.84. The van der Waals surface area contributed by atoms with Crippen molar-refractivity contribution in [1.82, 2.24) is 14.6 Å². The van der Waals surface area contributed by atoms with Crippen molar-refractivity contribution in [1.29, 1.82) is 0 Å². The summed E-state index contributed by atoms with van der Waals surface area (Å²) in [6.07, 6.45) is 0.790. The summed E-state index contributed by atoms with van der Waals surface area (Å²) in [6.45, 7) is 17.2. The molecule has 1 unspecified atom stereocenters. The van der Waals surface area contributed by atoms with Crippen LogP contribution in [0.5, 0.6) is 0 Å². The highest BCUT2D eigenvalue weighted by Gasteiger charge is 2.25. The standard InChI is InChI=1S/C25H36N4O2Si/c1-18-8-7-9-20(19(18)2)16-22-21(17-31-32(6)25(3,4)5)26-23-10-11-24(27-29(22)23)28-12-14-30-15-13-28/h7-11,32H,12-17H2,1-6H3. The Morgan fingerprint density at radius 1 is 1.09 bits per heavy atom. The van der Waals surface area contributed by atoms with Crippen LogP contribution in [-0.2, 0) is 22.2 Å². The quantitative estimate of drug-likeness (QED) is 0.518. The number of rotatable bonds is 6. The first-order valence-electron chi connectivity index (χ1n) is 11.6. The summed E-state index contributed by atoms with van der Waals surface area (Å²) in [6, 6.07) is 10.7. The van der Waals surface area contributed by atoms with Crippen molar-refractivity contribution in [2.24, 2.45) is 0 Å². The topological polar surface area (TPSA) is 51.9 Å². The fourth-order valence-electron chi connectivity index (χ4n) is 3.91. The Hall–Kier alpha value is -2.22. The first-order valence-corrected chi connectivity index (χ1v) is 13.8. The van der Waals surface area contributed by atoms with Crippen LogP contribution in [0.1, 0.15) is 48.8 Å². The van der Waals surface area contributed by atoms with Gasteiger partial charge in [0.25, 0.3) is 0 Å². The van der Waals surface area contributed by atoms with Crippen molar-refractivity contribution >= 4 is 20.5 Å². The van der Waals surface area contributed by atoms with E-state index in [1.165, 1.54) is 16.7 Å². The van der Waals surface area contributed by atoms with E-state index in [0.717, 1.165) is 55.6 Å². The smallest absolute Gasteiger partial charge is 0.179 e. The molecule has 0 N–H and O–H groups in total. The number of hydrogen-bond donors (Lipinski definition) is 0. The van der Waals surface area contributed by atoms with Gasteiger partial charge in [0, 0.05) is 19.5 Å². The number of imidazole rings is 1. The second-order valence-corrected chi connectivity index (χ2v) is 13.3. The number of hydrogen-bond acceptors (Lipinski definition) is 5. The Bertz CT molecular complexity index is 1080. The molecule has 0 amide bonds. The molecule has 1 aliphatic rings. The number of nitrogens with zero attached hydrogens (tertiary/aromatic N) is 4. The van der Waals surface area contributed by atoms with Crippen LogP contribution in [-0.4, -0.2) is 49.9 Å². The molecule has 1 fully saturated rings. The largest absolute Gasteiger partial charge is 0.414 e. The van der Waals surface area contributed by atoms with Gasteiger partial charge in [-0.2, -0.15) is 0 Å². The third-order valence-electron chi connectivity index (χ3n) is 6.74. The zero-order valence-electron chi connectivity index (χ0n) is 20.3. The molecule has 0 spiro atoms. The lowest BCUT2D eigenvalue weighted by Gasteiger charge is -2.27. The van der Waals surface area contributed by atoms with E-state index in [2.05, 4.69) is 76.4 Å². The Morgan fingerprint density at radius 3 is 2.56 bits per heavy atom. The lowest BCUT2D eigenvalue weighted by atomic mass is 9.99. The number of morpholine rings is 1. The van der Waals surface area contributed by atoms with Gasteiger partial charge in [0.05, 0.1) is 31.2 Å². The number of benzene rings is 1. The average molecular weight is 453 g/mol. The van der Waals surface area contributed by atoms with E-state index in [1.807, 2.05) is 4.52 Å². The Kier molecular flexibility index (Phi) is 6.69. The molecule has 1 aliphatic heterocycles. The van der Waals surface area contributed by atoms with Crippen molar-refractivity contribution in [3.8, 4) is 0 Å². The van der Waals surface area contributed by atoms with E-state index in [-0.39, 0.29) is 5.04 Å². The third kappa shape index (κ3) is 4.90. The zero-order chi connectivity index (χ0) is 22.9. The van der Waals surface area contributed by atoms with Crippen LogP contribution >= 0.6 is 0 Å². The van der Waals surface area contributed by atoms with Crippen LogP contribution in [0, 0.1) is 13.8 Å². The first kappa shape index (κ1) is 23.0. The van der Waals surface area contributed by atoms with Gasteiger partial charge >= 0.3 is 0 Å². The number of ether oxygens (including phenoxy) is 1. The van der Waals surface area contributed by atoms with Gasteiger partial charge in [-0.25, -0.2) is 9.50 Å². The van der Waals surface area contributed by atoms with Crippen molar-refractivity contribution in [2.45, 2.75) is 59.2 Å². The monoisotopic (exact) mass is 452 g/mol. The molecule has 0 saturated carbocycles. The molecule has 0 bridgehead atoms. The predicted octanol–water partition coefficient (Wildman–Crippen LogP) is 4.44. The van der Waals surface area contributed by atoms with E-state index < -0.39 is 9.04 Å². The molecule has 1 aromatic carbocycles. The molecule has 172 valence electrons. The minimum atomic E-state index is -1.35. The van der Waals surface area contributed by atoms with E-state index in [1.54, 1.807) is 0 Å². The van der Waals surface area contributed by atoms with Crippen molar-refractivity contribution < 1.29 is 9.16 Å². The summed E-state index contributed by atoms with van der Waals surface area (Å²) in [5.41, 5.74) is 6.96. The van der Waals surface area contributed by atoms with Crippen LogP contribution in [0.3, 0.4) is 0 Å². The van der Waals surface area contributed by atoms with E-state index in [4.69, 9.17) is 19.2 Å². The maximum Gasteiger partial charge on any atom is 0.179 e. The molecular formula is C25H36N4O2Si. The highest BCUT2D eigenvalue weighted by Crippen LogP contribution is 2.29. The molecule has 4 rings (SSSR count). The van der Waals surface area contributed by atoms with Gasteiger partial charge in [-0.3, -0.25) is 0 Å². The zero-order valence-corrected chi connectivity index (χ0v) is 21.5. The van der Waals surface area contributed by atoms with Crippen molar-refractivity contribution in [3.63, 3.8) is 0 Å². The summed E-state index contributed by atoms with van der Waals surface area (Å²) in [5.74, 6) is 0.977. The van der Waals surface area contributed by atoms with Gasteiger partial charge in [0.1, 0.15) is 5.82 Å². The molecule has 3 aromatic rings. The van der Waals surface area contributed by atoms with Crippen LogP contribution in [0.4, 0.5) is 5.82 Å². The molecule has 0 aliphatic carbocycles. The Morgan fingerprint density at radius 2 is 1.84 bits per heavy atom. The van der Waals surface area contributed by atoms with Crippen LogP contribution in [0.25, 0.3) is 5.65 Å². The van der Waals surface area contributed by atoms with E-state index in [9.17, 15) is 0 Å². The molecule has 2 aromatic heterocycles. The highest BCUT2D eigenvalue weighted by atomic mass is 28.3. The molecule has 1 atom stereocenters. The van der Waals surface area contributed by atoms with Crippen LogP contribution in [0.2, 0.25) is 11.6 Å². The summed E-state index contributed by atoms with van der Waals surface area (Å²) in [4.78, 5) is 7.24. The molecule has 1 saturated heterocycles. The SMILES string of the molecule is Cc1cccc(Cc2c(CO[SiH](C)C(C)(C)C)nc3ccc(N4CCOCC4)nn23)c1C. The number of aromatic nitrogens is 3. The van der Waals surface area contributed by atoms with Gasteiger partial charge < -0.3 is 14.1 Å². The molecule has 3 heterocycles.